The summed E-state index contributed by atoms with van der Waals surface area (Å²) in [4.78, 5) is 32.2. The number of amides is 2. The summed E-state index contributed by atoms with van der Waals surface area (Å²) in [6.07, 6.45) is 0.240. The van der Waals surface area contributed by atoms with Crippen LogP contribution in [0, 0.1) is 0 Å². The summed E-state index contributed by atoms with van der Waals surface area (Å²) in [7, 11) is 0. The minimum atomic E-state index is -0.388. The van der Waals surface area contributed by atoms with Crippen molar-refractivity contribution < 1.29 is 19.1 Å². The van der Waals surface area contributed by atoms with Crippen molar-refractivity contribution >= 4 is 11.8 Å². The standard InChI is InChI=1S/C29H29N3O4/c33-27-18-24(29(34)32(27)19-21-11-12-25-26(17-21)36-20-35-25)30-13-15-31(16-14-30)28(22-7-3-1-4-8-22)23-9-5-2-6-10-23/h1-12,17,24,28H,13-16,18-20H2/t24-/m1/s1. The average Bonchev–Trinajstić information content (AvgIpc) is 3.50. The molecular weight excluding hydrogens is 454 g/mol. The molecule has 2 saturated heterocycles. The number of imide groups is 1. The van der Waals surface area contributed by atoms with Crippen LogP contribution in [0.4, 0.5) is 0 Å². The van der Waals surface area contributed by atoms with Gasteiger partial charge in [-0.25, -0.2) is 0 Å². The second-order valence-electron chi connectivity index (χ2n) is 9.52. The number of likely N-dealkylation sites (tertiary alicyclic amines) is 1. The zero-order chi connectivity index (χ0) is 24.5. The van der Waals surface area contributed by atoms with E-state index in [1.165, 1.54) is 16.0 Å². The first-order valence-corrected chi connectivity index (χ1v) is 12.5. The Bertz CT molecular complexity index is 1200. The maximum absolute atomic E-state index is 13.3. The van der Waals surface area contributed by atoms with Crippen molar-refractivity contribution in [3.05, 3.63) is 95.6 Å². The van der Waals surface area contributed by atoms with Crippen molar-refractivity contribution in [2.75, 3.05) is 33.0 Å². The van der Waals surface area contributed by atoms with E-state index in [0.717, 1.165) is 31.7 Å². The number of benzene rings is 3. The fourth-order valence-electron chi connectivity index (χ4n) is 5.53. The highest BCUT2D eigenvalue weighted by atomic mass is 16.7. The van der Waals surface area contributed by atoms with Gasteiger partial charge in [0.05, 0.1) is 25.0 Å². The van der Waals surface area contributed by atoms with E-state index in [2.05, 4.69) is 58.3 Å². The molecule has 3 aliphatic rings. The molecule has 3 aliphatic heterocycles. The van der Waals surface area contributed by atoms with Gasteiger partial charge in [0.15, 0.2) is 11.5 Å². The fraction of sp³-hybridized carbons (Fsp3) is 0.310. The quantitative estimate of drug-likeness (QED) is 0.501. The van der Waals surface area contributed by atoms with E-state index < -0.39 is 0 Å². The van der Waals surface area contributed by atoms with Crippen molar-refractivity contribution in [3.8, 4) is 11.5 Å². The third-order valence-electron chi connectivity index (χ3n) is 7.38. The van der Waals surface area contributed by atoms with Gasteiger partial charge < -0.3 is 9.47 Å². The molecule has 7 nitrogen and oxygen atoms in total. The smallest absolute Gasteiger partial charge is 0.247 e. The maximum atomic E-state index is 13.3. The first kappa shape index (κ1) is 22.8. The molecule has 6 rings (SSSR count). The molecule has 3 aromatic carbocycles. The van der Waals surface area contributed by atoms with Gasteiger partial charge in [-0.3, -0.25) is 24.3 Å². The lowest BCUT2D eigenvalue weighted by Crippen LogP contribution is -2.53. The summed E-state index contributed by atoms with van der Waals surface area (Å²) in [5.41, 5.74) is 3.39. The van der Waals surface area contributed by atoms with Gasteiger partial charge in [0.2, 0.25) is 18.6 Å². The van der Waals surface area contributed by atoms with Crippen molar-refractivity contribution in [1.29, 1.82) is 0 Å². The molecule has 3 heterocycles. The Morgan fingerprint density at radius 3 is 2.08 bits per heavy atom. The van der Waals surface area contributed by atoms with E-state index >= 15 is 0 Å². The minimum absolute atomic E-state index is 0.103. The fourth-order valence-corrected chi connectivity index (χ4v) is 5.53. The van der Waals surface area contributed by atoms with Gasteiger partial charge >= 0.3 is 0 Å². The molecule has 7 heteroatoms. The zero-order valence-electron chi connectivity index (χ0n) is 20.1. The molecule has 0 aliphatic carbocycles. The van der Waals surface area contributed by atoms with E-state index in [1.807, 2.05) is 30.3 Å². The van der Waals surface area contributed by atoms with Crippen LogP contribution >= 0.6 is 0 Å². The Hall–Kier alpha value is -3.68. The number of carbonyl (C=O) groups is 2. The van der Waals surface area contributed by atoms with E-state index in [9.17, 15) is 9.59 Å². The molecule has 2 amide bonds. The molecule has 0 unspecified atom stereocenters. The summed E-state index contributed by atoms with van der Waals surface area (Å²) in [6, 6.07) is 26.5. The molecule has 0 aromatic heterocycles. The highest BCUT2D eigenvalue weighted by Crippen LogP contribution is 2.34. The predicted octanol–water partition coefficient (Wildman–Crippen LogP) is 3.45. The van der Waals surface area contributed by atoms with Crippen LogP contribution in [0.5, 0.6) is 11.5 Å². The second kappa shape index (κ2) is 9.76. The van der Waals surface area contributed by atoms with Crippen LogP contribution in [0.15, 0.2) is 78.9 Å². The molecule has 0 bridgehead atoms. The molecule has 2 fully saturated rings. The van der Waals surface area contributed by atoms with Crippen LogP contribution in [0.25, 0.3) is 0 Å². The Balaban J connectivity index is 1.13. The van der Waals surface area contributed by atoms with Crippen LogP contribution < -0.4 is 9.47 Å². The maximum Gasteiger partial charge on any atom is 0.247 e. The summed E-state index contributed by atoms with van der Waals surface area (Å²) in [5.74, 6) is 1.13. The Labute approximate surface area is 210 Å². The molecule has 3 aromatic rings. The van der Waals surface area contributed by atoms with Gasteiger partial charge in [-0.2, -0.15) is 0 Å². The Morgan fingerprint density at radius 2 is 1.42 bits per heavy atom. The summed E-state index contributed by atoms with van der Waals surface area (Å²) < 4.78 is 10.8. The third-order valence-corrected chi connectivity index (χ3v) is 7.38. The molecule has 1 atom stereocenters. The lowest BCUT2D eigenvalue weighted by Gasteiger charge is -2.41. The van der Waals surface area contributed by atoms with Crippen LogP contribution in [0.3, 0.4) is 0 Å². The van der Waals surface area contributed by atoms with Gasteiger partial charge in [-0.05, 0) is 28.8 Å². The van der Waals surface area contributed by atoms with Crippen LogP contribution in [0.1, 0.15) is 29.2 Å². The van der Waals surface area contributed by atoms with Gasteiger partial charge in [0.25, 0.3) is 0 Å². The molecule has 0 N–H and O–H groups in total. The summed E-state index contributed by atoms with van der Waals surface area (Å²) >= 11 is 0. The van der Waals surface area contributed by atoms with Gasteiger partial charge in [-0.15, -0.1) is 0 Å². The van der Waals surface area contributed by atoms with E-state index in [1.54, 1.807) is 0 Å². The van der Waals surface area contributed by atoms with Crippen molar-refractivity contribution in [2.45, 2.75) is 25.0 Å². The normalized spacial score (nSPS) is 20.5. The van der Waals surface area contributed by atoms with Crippen molar-refractivity contribution in [2.24, 2.45) is 0 Å². The van der Waals surface area contributed by atoms with E-state index in [0.29, 0.717) is 11.5 Å². The van der Waals surface area contributed by atoms with Gasteiger partial charge in [0, 0.05) is 26.2 Å². The van der Waals surface area contributed by atoms with Crippen molar-refractivity contribution in [1.82, 2.24) is 14.7 Å². The lowest BCUT2D eigenvalue weighted by molar-refractivity contribution is -0.140. The van der Waals surface area contributed by atoms with Crippen LogP contribution in [-0.4, -0.2) is 65.5 Å². The third kappa shape index (κ3) is 4.36. The number of hydrogen-bond donors (Lipinski definition) is 0. The van der Waals surface area contributed by atoms with Crippen LogP contribution in [-0.2, 0) is 16.1 Å². The average molecular weight is 484 g/mol. The summed E-state index contributed by atoms with van der Waals surface area (Å²) in [5, 5.41) is 0. The SMILES string of the molecule is O=C1C[C@@H](N2CCN(C(c3ccccc3)c3ccccc3)CC2)C(=O)N1Cc1ccc2c(c1)OCO2. The second-order valence-corrected chi connectivity index (χ2v) is 9.52. The number of rotatable bonds is 6. The predicted molar refractivity (Wildman–Crippen MR) is 134 cm³/mol. The van der Waals surface area contributed by atoms with Crippen molar-refractivity contribution in [3.63, 3.8) is 0 Å². The number of fused-ring (bicyclic) bond motifs is 1. The molecule has 0 radical (unpaired) electrons. The largest absolute Gasteiger partial charge is 0.454 e. The highest BCUT2D eigenvalue weighted by Gasteiger charge is 2.43. The number of carbonyl (C=O) groups excluding carboxylic acids is 2. The molecule has 36 heavy (non-hydrogen) atoms. The lowest BCUT2D eigenvalue weighted by atomic mass is 9.96. The number of nitrogens with zero attached hydrogens (tertiary/aromatic N) is 3. The van der Waals surface area contributed by atoms with Crippen LogP contribution in [0.2, 0.25) is 0 Å². The molecule has 0 saturated carbocycles. The first-order chi connectivity index (χ1) is 17.7. The topological polar surface area (TPSA) is 62.3 Å². The number of ether oxygens (including phenoxy) is 2. The first-order valence-electron chi connectivity index (χ1n) is 12.5. The molecule has 0 spiro atoms. The highest BCUT2D eigenvalue weighted by molar-refractivity contribution is 6.05. The molecule has 184 valence electrons. The summed E-state index contributed by atoms with van der Waals surface area (Å²) in [6.45, 7) is 3.61. The molecular formula is C29H29N3O4. The van der Waals surface area contributed by atoms with Gasteiger partial charge in [-0.1, -0.05) is 66.7 Å². The number of piperazine rings is 1. The van der Waals surface area contributed by atoms with E-state index in [-0.39, 0.29) is 43.7 Å². The monoisotopic (exact) mass is 483 g/mol. The minimum Gasteiger partial charge on any atom is -0.454 e. The van der Waals surface area contributed by atoms with Gasteiger partial charge in [0.1, 0.15) is 0 Å². The van der Waals surface area contributed by atoms with E-state index in [4.69, 9.17) is 9.47 Å². The Morgan fingerprint density at radius 1 is 0.778 bits per heavy atom. The number of hydrogen-bond acceptors (Lipinski definition) is 6. The zero-order valence-corrected chi connectivity index (χ0v) is 20.1. The Kier molecular flexibility index (Phi) is 6.17.